The van der Waals surface area contributed by atoms with E-state index >= 15 is 0 Å². The number of amides is 3. The van der Waals surface area contributed by atoms with Gasteiger partial charge in [-0.15, -0.1) is 0 Å². The fourth-order valence-corrected chi connectivity index (χ4v) is 6.15. The number of urea groups is 1. The Morgan fingerprint density at radius 1 is 0.810 bits per heavy atom. The Bertz CT molecular complexity index is 1020. The maximum absolute atomic E-state index is 13.6. The van der Waals surface area contributed by atoms with Gasteiger partial charge in [0, 0.05) is 35.2 Å². The largest absolute Gasteiger partial charge is 0.460 e. The molecule has 2 atom stereocenters. The van der Waals surface area contributed by atoms with Crippen LogP contribution in [0, 0.1) is 16.7 Å². The quantitative estimate of drug-likeness (QED) is 0.224. The molecule has 0 spiro atoms. The molecular formula is C33H57N3O6. The van der Waals surface area contributed by atoms with Crippen molar-refractivity contribution in [1.82, 2.24) is 15.1 Å². The van der Waals surface area contributed by atoms with Crippen molar-refractivity contribution in [3.8, 4) is 0 Å². The minimum atomic E-state index is -0.476. The second-order valence-electron chi connectivity index (χ2n) is 15.2. The molecule has 1 rings (SSSR count). The first kappa shape index (κ1) is 37.2. The van der Waals surface area contributed by atoms with Crippen molar-refractivity contribution in [2.45, 2.75) is 113 Å². The maximum Gasteiger partial charge on any atom is 0.333 e. The lowest BCUT2D eigenvalue weighted by Crippen LogP contribution is -2.54. The van der Waals surface area contributed by atoms with E-state index in [0.717, 1.165) is 19.3 Å². The number of rotatable bonds is 12. The molecule has 1 aliphatic rings. The smallest absolute Gasteiger partial charge is 0.333 e. The van der Waals surface area contributed by atoms with E-state index in [1.807, 2.05) is 41.5 Å². The van der Waals surface area contributed by atoms with Crippen molar-refractivity contribution in [3.63, 3.8) is 0 Å². The topological polar surface area (TPSA) is 105 Å². The third-order valence-electron chi connectivity index (χ3n) is 7.62. The summed E-state index contributed by atoms with van der Waals surface area (Å²) in [4.78, 5) is 54.0. The van der Waals surface area contributed by atoms with Gasteiger partial charge in [0.2, 0.25) is 5.91 Å². The summed E-state index contributed by atoms with van der Waals surface area (Å²) < 4.78 is 10.5. The summed E-state index contributed by atoms with van der Waals surface area (Å²) in [5, 5.41) is 3.14. The molecule has 240 valence electrons. The third kappa shape index (κ3) is 12.2. The normalized spacial score (nSPS) is 20.2. The van der Waals surface area contributed by atoms with Gasteiger partial charge in [0.05, 0.1) is 13.1 Å². The monoisotopic (exact) mass is 591 g/mol. The molecule has 1 saturated carbocycles. The Morgan fingerprint density at radius 2 is 1.26 bits per heavy atom. The minimum Gasteiger partial charge on any atom is -0.460 e. The lowest BCUT2D eigenvalue weighted by atomic mass is 9.60. The Balaban J connectivity index is 2.93. The van der Waals surface area contributed by atoms with Crippen LogP contribution in [0.1, 0.15) is 102 Å². The lowest BCUT2D eigenvalue weighted by Gasteiger charge is -2.48. The maximum atomic E-state index is 13.6. The molecule has 0 aromatic heterocycles. The summed E-state index contributed by atoms with van der Waals surface area (Å²) in [7, 11) is 0. The fourth-order valence-electron chi connectivity index (χ4n) is 6.15. The zero-order chi connectivity index (χ0) is 32.7. The van der Waals surface area contributed by atoms with E-state index in [2.05, 4.69) is 39.2 Å². The van der Waals surface area contributed by atoms with Crippen LogP contribution in [-0.2, 0) is 23.9 Å². The van der Waals surface area contributed by atoms with Crippen LogP contribution < -0.4 is 5.32 Å². The number of hydrogen-bond donors (Lipinski definition) is 1. The lowest BCUT2D eigenvalue weighted by molar-refractivity contribution is -0.145. The van der Waals surface area contributed by atoms with Crippen molar-refractivity contribution in [2.75, 3.05) is 32.8 Å². The average molecular weight is 592 g/mol. The van der Waals surface area contributed by atoms with Crippen LogP contribution in [0.5, 0.6) is 0 Å². The molecule has 0 aliphatic heterocycles. The Morgan fingerprint density at radius 3 is 1.69 bits per heavy atom. The van der Waals surface area contributed by atoms with Gasteiger partial charge < -0.3 is 24.6 Å². The van der Waals surface area contributed by atoms with Crippen LogP contribution in [0.4, 0.5) is 4.79 Å². The van der Waals surface area contributed by atoms with Gasteiger partial charge in [-0.3, -0.25) is 4.79 Å². The summed E-state index contributed by atoms with van der Waals surface area (Å²) in [6, 6.07) is -0.214. The molecule has 0 saturated heterocycles. The fraction of sp³-hybridized carbons (Fsp3) is 0.758. The molecule has 0 radical (unpaired) electrons. The first-order valence-electron chi connectivity index (χ1n) is 15.0. The van der Waals surface area contributed by atoms with Crippen LogP contribution in [0.3, 0.4) is 0 Å². The molecule has 1 N–H and O–H groups in total. The molecule has 9 heteroatoms. The molecule has 0 heterocycles. The number of carbonyl (C=O) groups is 4. The van der Waals surface area contributed by atoms with E-state index in [1.54, 1.807) is 23.6 Å². The van der Waals surface area contributed by atoms with Crippen LogP contribution in [-0.4, -0.2) is 77.6 Å². The first-order chi connectivity index (χ1) is 19.0. The van der Waals surface area contributed by atoms with Gasteiger partial charge in [0.1, 0.15) is 13.2 Å². The highest BCUT2D eigenvalue weighted by molar-refractivity contribution is 5.87. The molecule has 0 aromatic rings. The van der Waals surface area contributed by atoms with Crippen molar-refractivity contribution >= 4 is 23.9 Å². The van der Waals surface area contributed by atoms with E-state index in [1.165, 1.54) is 0 Å². The number of nitrogens with one attached hydrogen (secondary N) is 1. The second-order valence-corrected chi connectivity index (χ2v) is 15.2. The highest BCUT2D eigenvalue weighted by Gasteiger charge is 2.43. The molecule has 1 aliphatic carbocycles. The Labute approximate surface area is 254 Å². The predicted molar refractivity (Wildman–Crippen MR) is 167 cm³/mol. The molecule has 0 bridgehead atoms. The highest BCUT2D eigenvalue weighted by atomic mass is 16.5. The Kier molecular flexibility index (Phi) is 12.9. The van der Waals surface area contributed by atoms with Crippen LogP contribution in [0.25, 0.3) is 0 Å². The first-order valence-corrected chi connectivity index (χ1v) is 15.0. The van der Waals surface area contributed by atoms with Gasteiger partial charge >= 0.3 is 18.0 Å². The van der Waals surface area contributed by atoms with E-state index in [-0.39, 0.29) is 48.4 Å². The highest BCUT2D eigenvalue weighted by Crippen LogP contribution is 2.49. The predicted octanol–water partition coefficient (Wildman–Crippen LogP) is 5.88. The summed E-state index contributed by atoms with van der Waals surface area (Å²) in [6.07, 6.45) is 3.02. The summed E-state index contributed by atoms with van der Waals surface area (Å²) >= 11 is 0. The van der Waals surface area contributed by atoms with E-state index in [0.29, 0.717) is 30.7 Å². The van der Waals surface area contributed by atoms with Gasteiger partial charge in [-0.25, -0.2) is 14.4 Å². The van der Waals surface area contributed by atoms with Crippen LogP contribution in [0.15, 0.2) is 24.3 Å². The van der Waals surface area contributed by atoms with E-state index < -0.39 is 23.0 Å². The van der Waals surface area contributed by atoms with E-state index in [9.17, 15) is 19.2 Å². The van der Waals surface area contributed by atoms with Gasteiger partial charge in [-0.05, 0) is 91.4 Å². The standard InChI is InChI=1S/C33H57N3O6/c1-23(2)27(38)41-16-14-35(30(5,6)7)26(37)18-25-19-32(11,12)21-33(13,20-25)22-34-29(40)36(31(8,9)10)15-17-42-28(39)24(3)4/h25H,1,3,14-22H2,2,4-13H3,(H,34,40). The average Bonchev–Trinajstić information content (AvgIpc) is 2.79. The van der Waals surface area contributed by atoms with Gasteiger partial charge in [0.25, 0.3) is 0 Å². The number of hydrogen-bond acceptors (Lipinski definition) is 6. The van der Waals surface area contributed by atoms with E-state index in [4.69, 9.17) is 9.47 Å². The van der Waals surface area contributed by atoms with Crippen LogP contribution >= 0.6 is 0 Å². The third-order valence-corrected chi connectivity index (χ3v) is 7.62. The summed E-state index contributed by atoms with van der Waals surface area (Å²) in [5.74, 6) is -0.752. The van der Waals surface area contributed by atoms with Gasteiger partial charge in [-0.1, -0.05) is 33.9 Å². The van der Waals surface area contributed by atoms with Gasteiger partial charge in [0.15, 0.2) is 0 Å². The molecule has 42 heavy (non-hydrogen) atoms. The Hall–Kier alpha value is -2.84. The van der Waals surface area contributed by atoms with Gasteiger partial charge in [-0.2, -0.15) is 0 Å². The molecule has 2 unspecified atom stereocenters. The zero-order valence-corrected chi connectivity index (χ0v) is 28.2. The number of nitrogens with zero attached hydrogens (tertiary/aromatic N) is 2. The number of esters is 2. The summed E-state index contributed by atoms with van der Waals surface area (Å²) in [6.45, 7) is 30.0. The van der Waals surface area contributed by atoms with Crippen molar-refractivity contribution in [1.29, 1.82) is 0 Å². The van der Waals surface area contributed by atoms with Crippen LogP contribution in [0.2, 0.25) is 0 Å². The van der Waals surface area contributed by atoms with Crippen molar-refractivity contribution in [2.24, 2.45) is 16.7 Å². The number of ether oxygens (including phenoxy) is 2. The minimum absolute atomic E-state index is 0.00722. The molecule has 0 aromatic carbocycles. The SMILES string of the molecule is C=C(C)C(=O)OCCN(C(=O)CC1CC(C)(C)CC(C)(CNC(=O)N(CCOC(=O)C(=C)C)C(C)(C)C)C1)C(C)(C)C. The second kappa shape index (κ2) is 14.6. The molecule has 1 fully saturated rings. The molecule has 9 nitrogen and oxygen atoms in total. The summed E-state index contributed by atoms with van der Waals surface area (Å²) in [5.41, 5.74) is -0.468. The zero-order valence-electron chi connectivity index (χ0n) is 28.2. The molecule has 3 amide bonds. The van der Waals surface area contributed by atoms with Crippen molar-refractivity contribution in [3.05, 3.63) is 24.3 Å². The van der Waals surface area contributed by atoms with Crippen molar-refractivity contribution < 1.29 is 28.7 Å². The molecular weight excluding hydrogens is 534 g/mol. The number of carbonyl (C=O) groups excluding carboxylic acids is 4.